The summed E-state index contributed by atoms with van der Waals surface area (Å²) in [5, 5.41) is 0.919. The Labute approximate surface area is 103 Å². The molecule has 16 heavy (non-hydrogen) atoms. The van der Waals surface area contributed by atoms with Gasteiger partial charge in [0.15, 0.2) is 0 Å². The Morgan fingerprint density at radius 2 is 2.00 bits per heavy atom. The highest BCUT2D eigenvalue weighted by molar-refractivity contribution is 9.10. The van der Waals surface area contributed by atoms with Crippen molar-refractivity contribution in [1.82, 2.24) is 4.98 Å². The number of nitrogens with zero attached hydrogens (tertiary/aromatic N) is 1. The van der Waals surface area contributed by atoms with E-state index in [1.165, 1.54) is 0 Å². The van der Waals surface area contributed by atoms with E-state index in [1.807, 2.05) is 26.0 Å². The van der Waals surface area contributed by atoms with E-state index < -0.39 is 0 Å². The van der Waals surface area contributed by atoms with Gasteiger partial charge in [-0.15, -0.1) is 0 Å². The third kappa shape index (κ3) is 1.53. The quantitative estimate of drug-likeness (QED) is 0.873. The average Bonchev–Trinajstić information content (AvgIpc) is 2.26. The number of aryl methyl sites for hydroxylation is 1. The lowest BCUT2D eigenvalue weighted by atomic mass is 10.1. The Hall–Kier alpha value is -1.29. The van der Waals surface area contributed by atoms with Crippen LogP contribution >= 0.6 is 15.9 Å². The van der Waals surface area contributed by atoms with E-state index in [2.05, 4.69) is 20.9 Å². The number of hydrogen-bond acceptors (Lipinski definition) is 3. The predicted molar refractivity (Wildman–Crippen MR) is 69.9 cm³/mol. The van der Waals surface area contributed by atoms with Gasteiger partial charge < -0.3 is 10.5 Å². The van der Waals surface area contributed by atoms with E-state index >= 15 is 0 Å². The Kier molecular flexibility index (Phi) is 2.76. The second-order valence-corrected chi connectivity index (χ2v) is 4.56. The predicted octanol–water partition coefficient (Wildman–Crippen LogP) is 3.20. The molecule has 0 amide bonds. The smallest absolute Gasteiger partial charge is 0.145 e. The van der Waals surface area contributed by atoms with Crippen LogP contribution in [-0.2, 0) is 0 Å². The van der Waals surface area contributed by atoms with Crippen molar-refractivity contribution in [1.29, 1.82) is 0 Å². The van der Waals surface area contributed by atoms with Gasteiger partial charge in [0.1, 0.15) is 11.3 Å². The van der Waals surface area contributed by atoms with Gasteiger partial charge in [-0.1, -0.05) is 15.9 Å². The van der Waals surface area contributed by atoms with E-state index in [1.54, 1.807) is 7.11 Å². The molecule has 1 heterocycles. The van der Waals surface area contributed by atoms with Crippen molar-refractivity contribution in [2.24, 2.45) is 0 Å². The highest BCUT2D eigenvalue weighted by Gasteiger charge is 2.13. The molecule has 0 saturated carbocycles. The third-order valence-electron chi connectivity index (χ3n) is 2.81. The summed E-state index contributed by atoms with van der Waals surface area (Å²) in [5.74, 6) is 0.744. The van der Waals surface area contributed by atoms with E-state index in [0.717, 1.165) is 38.1 Å². The fourth-order valence-corrected chi connectivity index (χ4v) is 2.25. The molecule has 0 unspecified atom stereocenters. The van der Waals surface area contributed by atoms with Gasteiger partial charge in [0, 0.05) is 21.2 Å². The van der Waals surface area contributed by atoms with Gasteiger partial charge in [-0.25, -0.2) is 4.98 Å². The molecule has 3 nitrogen and oxygen atoms in total. The maximum atomic E-state index is 6.12. The molecule has 0 atom stereocenters. The Morgan fingerprint density at radius 3 is 2.62 bits per heavy atom. The van der Waals surface area contributed by atoms with Gasteiger partial charge in [0.25, 0.3) is 0 Å². The first-order valence-corrected chi connectivity index (χ1v) is 5.74. The summed E-state index contributed by atoms with van der Waals surface area (Å²) in [6, 6.07) is 3.81. The minimum absolute atomic E-state index is 0.744. The molecule has 0 fully saturated rings. The molecule has 0 spiro atoms. The molecule has 2 aromatic rings. The second kappa shape index (κ2) is 3.94. The standard InChI is InChI=1S/C12H13BrN2O/c1-6-7(2)15-12-9(16-3)5-4-8(13)10(12)11(6)14/h4-5H,1-3H3,(H2,14,15). The van der Waals surface area contributed by atoms with Crippen molar-refractivity contribution < 1.29 is 4.74 Å². The monoisotopic (exact) mass is 280 g/mol. The van der Waals surface area contributed by atoms with Crippen LogP contribution in [-0.4, -0.2) is 12.1 Å². The number of fused-ring (bicyclic) bond motifs is 1. The number of anilines is 1. The van der Waals surface area contributed by atoms with Crippen molar-refractivity contribution in [3.63, 3.8) is 0 Å². The summed E-state index contributed by atoms with van der Waals surface area (Å²) in [4.78, 5) is 4.53. The summed E-state index contributed by atoms with van der Waals surface area (Å²) in [5.41, 5.74) is 9.63. The molecular weight excluding hydrogens is 268 g/mol. The first kappa shape index (κ1) is 11.2. The lowest BCUT2D eigenvalue weighted by Gasteiger charge is -2.12. The summed E-state index contributed by atoms with van der Waals surface area (Å²) >= 11 is 3.49. The summed E-state index contributed by atoms with van der Waals surface area (Å²) in [6.07, 6.45) is 0. The number of nitrogens with two attached hydrogens (primary N) is 1. The van der Waals surface area contributed by atoms with Gasteiger partial charge in [0.2, 0.25) is 0 Å². The number of pyridine rings is 1. The highest BCUT2D eigenvalue weighted by Crippen LogP contribution is 2.36. The van der Waals surface area contributed by atoms with Crippen LogP contribution in [0, 0.1) is 13.8 Å². The molecule has 0 saturated heterocycles. The first-order chi connectivity index (χ1) is 7.56. The second-order valence-electron chi connectivity index (χ2n) is 3.71. The molecule has 2 rings (SSSR count). The first-order valence-electron chi connectivity index (χ1n) is 4.95. The molecule has 1 aromatic carbocycles. The summed E-state index contributed by atoms with van der Waals surface area (Å²) in [6.45, 7) is 3.93. The van der Waals surface area contributed by atoms with Crippen molar-refractivity contribution in [2.75, 3.05) is 12.8 Å². The van der Waals surface area contributed by atoms with E-state index in [0.29, 0.717) is 0 Å². The van der Waals surface area contributed by atoms with Gasteiger partial charge in [-0.2, -0.15) is 0 Å². The lowest BCUT2D eigenvalue weighted by molar-refractivity contribution is 0.419. The van der Waals surface area contributed by atoms with Crippen LogP contribution in [0.2, 0.25) is 0 Å². The number of halogens is 1. The van der Waals surface area contributed by atoms with E-state index in [-0.39, 0.29) is 0 Å². The molecule has 0 aliphatic carbocycles. The van der Waals surface area contributed by atoms with E-state index in [4.69, 9.17) is 10.5 Å². The lowest BCUT2D eigenvalue weighted by Crippen LogP contribution is -1.99. The summed E-state index contributed by atoms with van der Waals surface area (Å²) < 4.78 is 6.23. The number of benzene rings is 1. The maximum absolute atomic E-state index is 6.12. The van der Waals surface area contributed by atoms with Crippen molar-refractivity contribution in [3.8, 4) is 5.75 Å². The van der Waals surface area contributed by atoms with Gasteiger partial charge >= 0.3 is 0 Å². The minimum atomic E-state index is 0.744. The highest BCUT2D eigenvalue weighted by atomic mass is 79.9. The van der Waals surface area contributed by atoms with Crippen molar-refractivity contribution >= 4 is 32.5 Å². The maximum Gasteiger partial charge on any atom is 0.145 e. The minimum Gasteiger partial charge on any atom is -0.494 e. The molecule has 4 heteroatoms. The molecule has 2 N–H and O–H groups in total. The number of nitrogen functional groups attached to an aromatic ring is 1. The van der Waals surface area contributed by atoms with Gasteiger partial charge in [-0.05, 0) is 31.5 Å². The normalized spacial score (nSPS) is 10.8. The Bertz CT molecular complexity index is 567. The molecule has 0 bridgehead atoms. The zero-order valence-corrected chi connectivity index (χ0v) is 11.1. The molecule has 0 aliphatic heterocycles. The number of hydrogen-bond donors (Lipinski definition) is 1. The average molecular weight is 281 g/mol. The SMILES string of the molecule is COc1ccc(Br)c2c(N)c(C)c(C)nc12. The van der Waals surface area contributed by atoms with Crippen LogP contribution in [0.5, 0.6) is 5.75 Å². The van der Waals surface area contributed by atoms with Gasteiger partial charge in [0.05, 0.1) is 7.11 Å². The zero-order valence-electron chi connectivity index (χ0n) is 9.47. The zero-order chi connectivity index (χ0) is 11.9. The molecule has 84 valence electrons. The number of aromatic nitrogens is 1. The Morgan fingerprint density at radius 1 is 1.31 bits per heavy atom. The number of ether oxygens (including phenoxy) is 1. The van der Waals surface area contributed by atoms with Crippen molar-refractivity contribution in [3.05, 3.63) is 27.9 Å². The van der Waals surface area contributed by atoms with Crippen LogP contribution < -0.4 is 10.5 Å². The number of methoxy groups -OCH3 is 1. The van der Waals surface area contributed by atoms with Crippen LogP contribution in [0.4, 0.5) is 5.69 Å². The van der Waals surface area contributed by atoms with Crippen LogP contribution in [0.1, 0.15) is 11.3 Å². The van der Waals surface area contributed by atoms with Crippen LogP contribution in [0.25, 0.3) is 10.9 Å². The molecule has 0 aliphatic rings. The van der Waals surface area contributed by atoms with Crippen LogP contribution in [0.15, 0.2) is 16.6 Å². The van der Waals surface area contributed by atoms with Gasteiger partial charge in [-0.3, -0.25) is 0 Å². The largest absolute Gasteiger partial charge is 0.494 e. The van der Waals surface area contributed by atoms with E-state index in [9.17, 15) is 0 Å². The third-order valence-corrected chi connectivity index (χ3v) is 3.47. The molecule has 0 radical (unpaired) electrons. The fraction of sp³-hybridized carbons (Fsp3) is 0.250. The van der Waals surface area contributed by atoms with Crippen LogP contribution in [0.3, 0.4) is 0 Å². The molecule has 1 aromatic heterocycles. The Balaban J connectivity index is 2.98. The summed E-state index contributed by atoms with van der Waals surface area (Å²) in [7, 11) is 1.63. The fourth-order valence-electron chi connectivity index (χ4n) is 1.71. The molecular formula is C12H13BrN2O. The number of rotatable bonds is 1. The topological polar surface area (TPSA) is 48.1 Å². The van der Waals surface area contributed by atoms with Crippen molar-refractivity contribution in [2.45, 2.75) is 13.8 Å².